The molecule has 0 aliphatic carbocycles. The van der Waals surface area contributed by atoms with Gasteiger partial charge in [0.1, 0.15) is 5.75 Å². The molecule has 1 N–H and O–H groups in total. The summed E-state index contributed by atoms with van der Waals surface area (Å²) in [5.41, 5.74) is 2.15. The van der Waals surface area contributed by atoms with E-state index in [4.69, 9.17) is 25.8 Å². The van der Waals surface area contributed by atoms with Crippen molar-refractivity contribution in [2.75, 3.05) is 14.2 Å². The van der Waals surface area contributed by atoms with Crippen LogP contribution in [0.4, 0.5) is 0 Å². The van der Waals surface area contributed by atoms with Gasteiger partial charge in [-0.1, -0.05) is 23.7 Å². The molecule has 0 heterocycles. The second-order valence-electron chi connectivity index (χ2n) is 5.71. The van der Waals surface area contributed by atoms with Crippen LogP contribution in [0.3, 0.4) is 0 Å². The fourth-order valence-electron chi connectivity index (χ4n) is 2.33. The van der Waals surface area contributed by atoms with Gasteiger partial charge in [-0.15, -0.1) is 0 Å². The van der Waals surface area contributed by atoms with Gasteiger partial charge in [0.05, 0.1) is 20.3 Å². The normalized spacial score (nSPS) is 10.8. The minimum atomic E-state index is 0.182. The minimum absolute atomic E-state index is 0.182. The lowest BCUT2D eigenvalue weighted by Crippen LogP contribution is -2.13. The molecule has 0 fully saturated rings. The molecule has 130 valence electrons. The van der Waals surface area contributed by atoms with E-state index in [0.29, 0.717) is 23.1 Å². The minimum Gasteiger partial charge on any atom is -0.493 e. The summed E-state index contributed by atoms with van der Waals surface area (Å²) in [6, 6.07) is 11.8. The Morgan fingerprint density at radius 3 is 2.17 bits per heavy atom. The first-order valence-electron chi connectivity index (χ1n) is 7.90. The van der Waals surface area contributed by atoms with Crippen LogP contribution >= 0.6 is 11.6 Å². The van der Waals surface area contributed by atoms with Crippen molar-refractivity contribution in [1.29, 1.82) is 0 Å². The van der Waals surface area contributed by atoms with Crippen LogP contribution in [0.2, 0.25) is 5.02 Å². The number of hydrogen-bond acceptors (Lipinski definition) is 4. The van der Waals surface area contributed by atoms with Gasteiger partial charge in [0.15, 0.2) is 11.5 Å². The zero-order valence-corrected chi connectivity index (χ0v) is 15.3. The molecule has 0 atom stereocenters. The van der Waals surface area contributed by atoms with Gasteiger partial charge < -0.3 is 19.5 Å². The summed E-state index contributed by atoms with van der Waals surface area (Å²) in [4.78, 5) is 0. The molecule has 2 aromatic carbocycles. The Kier molecular flexibility index (Phi) is 6.76. The lowest BCUT2D eigenvalue weighted by molar-refractivity contribution is 0.242. The Morgan fingerprint density at radius 2 is 1.58 bits per heavy atom. The van der Waals surface area contributed by atoms with Crippen molar-refractivity contribution in [2.24, 2.45) is 0 Å². The standard InChI is InChI=1S/C19H24ClNO3/c1-13(2)24-16-7-5-14(6-8-16)11-21-12-15-9-18(22-3)19(23-4)10-17(15)20/h5-10,13,21H,11-12H2,1-4H3. The SMILES string of the molecule is COc1cc(Cl)c(CNCc2ccc(OC(C)C)cc2)cc1OC. The summed E-state index contributed by atoms with van der Waals surface area (Å²) in [6.07, 6.45) is 0.182. The van der Waals surface area contributed by atoms with Crippen LogP contribution in [0.15, 0.2) is 36.4 Å². The third kappa shape index (κ3) is 5.05. The maximum atomic E-state index is 6.30. The Hall–Kier alpha value is -1.91. The number of ether oxygens (including phenoxy) is 3. The van der Waals surface area contributed by atoms with Gasteiger partial charge in [-0.05, 0) is 43.2 Å². The summed E-state index contributed by atoms with van der Waals surface area (Å²) in [6.45, 7) is 5.42. The Balaban J connectivity index is 1.94. The van der Waals surface area contributed by atoms with Crippen molar-refractivity contribution in [3.05, 3.63) is 52.5 Å². The summed E-state index contributed by atoms with van der Waals surface area (Å²) < 4.78 is 16.2. The van der Waals surface area contributed by atoms with Gasteiger partial charge in [-0.25, -0.2) is 0 Å². The largest absolute Gasteiger partial charge is 0.493 e. The predicted octanol–water partition coefficient (Wildman–Crippen LogP) is 4.43. The van der Waals surface area contributed by atoms with Gasteiger partial charge in [0.2, 0.25) is 0 Å². The van der Waals surface area contributed by atoms with E-state index in [0.717, 1.165) is 17.9 Å². The van der Waals surface area contributed by atoms with E-state index >= 15 is 0 Å². The lowest BCUT2D eigenvalue weighted by Gasteiger charge is -2.13. The molecular weight excluding hydrogens is 326 g/mol. The molecule has 0 saturated heterocycles. The van der Waals surface area contributed by atoms with Gasteiger partial charge in [0, 0.05) is 24.2 Å². The lowest BCUT2D eigenvalue weighted by atomic mass is 10.1. The Labute approximate surface area is 148 Å². The first-order valence-corrected chi connectivity index (χ1v) is 8.28. The van der Waals surface area contributed by atoms with Gasteiger partial charge >= 0.3 is 0 Å². The average molecular weight is 350 g/mol. The quantitative estimate of drug-likeness (QED) is 0.765. The number of halogens is 1. The summed E-state index contributed by atoms with van der Waals surface area (Å²) in [5, 5.41) is 4.04. The smallest absolute Gasteiger partial charge is 0.162 e. The molecule has 0 aliphatic rings. The van der Waals surface area contributed by atoms with Crippen LogP contribution in [0.25, 0.3) is 0 Å². The average Bonchev–Trinajstić information content (AvgIpc) is 2.57. The molecule has 2 aromatic rings. The molecule has 24 heavy (non-hydrogen) atoms. The van der Waals surface area contributed by atoms with E-state index in [1.54, 1.807) is 20.3 Å². The molecule has 4 nitrogen and oxygen atoms in total. The molecule has 0 spiro atoms. The first kappa shape index (κ1) is 18.4. The summed E-state index contributed by atoms with van der Waals surface area (Å²) in [7, 11) is 3.21. The number of methoxy groups -OCH3 is 2. The third-order valence-corrected chi connectivity index (χ3v) is 3.84. The van der Waals surface area contributed by atoms with Crippen molar-refractivity contribution in [3.63, 3.8) is 0 Å². The number of benzene rings is 2. The van der Waals surface area contributed by atoms with Crippen LogP contribution in [0, 0.1) is 0 Å². The van der Waals surface area contributed by atoms with Crippen molar-refractivity contribution < 1.29 is 14.2 Å². The van der Waals surface area contributed by atoms with Crippen LogP contribution in [0.5, 0.6) is 17.2 Å². The van der Waals surface area contributed by atoms with E-state index in [2.05, 4.69) is 17.4 Å². The van der Waals surface area contributed by atoms with E-state index < -0.39 is 0 Å². The third-order valence-electron chi connectivity index (χ3n) is 3.49. The van der Waals surface area contributed by atoms with Crippen LogP contribution in [-0.2, 0) is 13.1 Å². The molecule has 0 aromatic heterocycles. The van der Waals surface area contributed by atoms with Crippen molar-refractivity contribution >= 4 is 11.6 Å². The van der Waals surface area contributed by atoms with Crippen LogP contribution < -0.4 is 19.5 Å². The van der Waals surface area contributed by atoms with Gasteiger partial charge in [0.25, 0.3) is 0 Å². The molecule has 0 bridgehead atoms. The number of rotatable bonds is 8. The van der Waals surface area contributed by atoms with Crippen molar-refractivity contribution in [1.82, 2.24) is 5.32 Å². The number of nitrogens with one attached hydrogen (secondary N) is 1. The topological polar surface area (TPSA) is 39.7 Å². The van der Waals surface area contributed by atoms with Crippen LogP contribution in [-0.4, -0.2) is 20.3 Å². The maximum absolute atomic E-state index is 6.30. The van der Waals surface area contributed by atoms with E-state index in [1.807, 2.05) is 32.0 Å². The van der Waals surface area contributed by atoms with Gasteiger partial charge in [-0.2, -0.15) is 0 Å². The summed E-state index contributed by atoms with van der Waals surface area (Å²) >= 11 is 6.30. The fourth-order valence-corrected chi connectivity index (χ4v) is 2.55. The van der Waals surface area contributed by atoms with E-state index in [1.165, 1.54) is 5.56 Å². The van der Waals surface area contributed by atoms with Crippen molar-refractivity contribution in [3.8, 4) is 17.2 Å². The Morgan fingerprint density at radius 1 is 0.958 bits per heavy atom. The fraction of sp³-hybridized carbons (Fsp3) is 0.368. The van der Waals surface area contributed by atoms with Gasteiger partial charge in [-0.3, -0.25) is 0 Å². The number of hydrogen-bond donors (Lipinski definition) is 1. The highest BCUT2D eigenvalue weighted by atomic mass is 35.5. The molecule has 5 heteroatoms. The molecular formula is C19H24ClNO3. The summed E-state index contributed by atoms with van der Waals surface area (Å²) in [5.74, 6) is 2.19. The Bertz CT molecular complexity index is 656. The van der Waals surface area contributed by atoms with Crippen LogP contribution in [0.1, 0.15) is 25.0 Å². The highest BCUT2D eigenvalue weighted by Crippen LogP contribution is 2.33. The van der Waals surface area contributed by atoms with E-state index in [-0.39, 0.29) is 6.10 Å². The molecule has 0 aliphatic heterocycles. The molecule has 0 radical (unpaired) electrons. The predicted molar refractivity (Wildman–Crippen MR) is 97.3 cm³/mol. The van der Waals surface area contributed by atoms with Crippen molar-refractivity contribution in [2.45, 2.75) is 33.0 Å². The molecule has 2 rings (SSSR count). The highest BCUT2D eigenvalue weighted by Gasteiger charge is 2.09. The monoisotopic (exact) mass is 349 g/mol. The highest BCUT2D eigenvalue weighted by molar-refractivity contribution is 6.31. The molecule has 0 saturated carbocycles. The second kappa shape index (κ2) is 8.81. The maximum Gasteiger partial charge on any atom is 0.162 e. The zero-order chi connectivity index (χ0) is 17.5. The second-order valence-corrected chi connectivity index (χ2v) is 6.12. The molecule has 0 amide bonds. The zero-order valence-electron chi connectivity index (χ0n) is 14.6. The molecule has 0 unspecified atom stereocenters. The van der Waals surface area contributed by atoms with E-state index in [9.17, 15) is 0 Å². The first-order chi connectivity index (χ1) is 11.5.